The molecule has 2 bridgehead atoms. The Hall–Kier alpha value is -0.950. The molecule has 0 radical (unpaired) electrons. The van der Waals surface area contributed by atoms with Gasteiger partial charge in [-0.2, -0.15) is 5.10 Å². The molecule has 2 aliphatic heterocycles. The fourth-order valence-electron chi connectivity index (χ4n) is 2.14. The van der Waals surface area contributed by atoms with Gasteiger partial charge in [-0.1, -0.05) is 0 Å². The minimum Gasteiger partial charge on any atom is -0.362 e. The minimum atomic E-state index is -1.93. The zero-order chi connectivity index (χ0) is 10.5. The number of ether oxygens (including phenoxy) is 2. The van der Waals surface area contributed by atoms with Crippen molar-refractivity contribution in [1.29, 1.82) is 0 Å². The summed E-state index contributed by atoms with van der Waals surface area (Å²) in [5.41, 5.74) is 0. The molecule has 1 aromatic rings. The molecule has 0 amide bonds. The van der Waals surface area contributed by atoms with Crippen LogP contribution in [0.1, 0.15) is 12.5 Å². The molecule has 0 unspecified atom stereocenters. The average Bonchev–Trinajstić information content (AvgIpc) is 2.84. The third kappa shape index (κ3) is 1.37. The first-order valence-corrected chi connectivity index (χ1v) is 4.88. The van der Waals surface area contributed by atoms with Crippen LogP contribution < -0.4 is 0 Å². The molecular weight excluding hydrogens is 200 g/mol. The molecule has 2 aliphatic rings. The molecule has 6 heteroatoms. The van der Waals surface area contributed by atoms with Crippen LogP contribution in [0.4, 0.5) is 0 Å². The Morgan fingerprint density at radius 3 is 3.07 bits per heavy atom. The molecule has 0 aliphatic carbocycles. The monoisotopic (exact) mass is 212 g/mol. The highest BCUT2D eigenvalue weighted by atomic mass is 16.8. The number of aliphatic hydroxyl groups is 2. The molecule has 3 heterocycles. The summed E-state index contributed by atoms with van der Waals surface area (Å²) in [6, 6.07) is 1.60. The first kappa shape index (κ1) is 9.29. The summed E-state index contributed by atoms with van der Waals surface area (Å²) in [6.07, 6.45) is 2.53. The molecule has 82 valence electrons. The highest BCUT2D eigenvalue weighted by Crippen LogP contribution is 2.39. The Morgan fingerprint density at radius 1 is 1.47 bits per heavy atom. The Kier molecular flexibility index (Phi) is 1.87. The number of fused-ring (bicyclic) bond motifs is 2. The van der Waals surface area contributed by atoms with Crippen molar-refractivity contribution in [3.63, 3.8) is 0 Å². The van der Waals surface area contributed by atoms with Crippen molar-refractivity contribution in [2.45, 2.75) is 30.6 Å². The van der Waals surface area contributed by atoms with Crippen LogP contribution >= 0.6 is 0 Å². The maximum atomic E-state index is 9.69. The molecule has 3 atom stereocenters. The topological polar surface area (TPSA) is 76.7 Å². The highest BCUT2D eigenvalue weighted by molar-refractivity contribution is 4.94. The molecule has 2 saturated heterocycles. The molecule has 15 heavy (non-hydrogen) atoms. The van der Waals surface area contributed by atoms with E-state index in [9.17, 15) is 10.2 Å². The Bertz CT molecular complexity index is 351. The average molecular weight is 212 g/mol. The number of aromatic nitrogens is 2. The van der Waals surface area contributed by atoms with Gasteiger partial charge in [0, 0.05) is 18.8 Å². The van der Waals surface area contributed by atoms with Crippen molar-refractivity contribution >= 4 is 0 Å². The van der Waals surface area contributed by atoms with E-state index in [0.29, 0.717) is 6.61 Å². The second-order valence-electron chi connectivity index (χ2n) is 3.98. The summed E-state index contributed by atoms with van der Waals surface area (Å²) in [5.74, 6) is -1.93. The van der Waals surface area contributed by atoms with E-state index in [4.69, 9.17) is 9.47 Å². The van der Waals surface area contributed by atoms with Crippen LogP contribution in [0.15, 0.2) is 18.5 Å². The van der Waals surface area contributed by atoms with Crippen molar-refractivity contribution in [3.8, 4) is 0 Å². The van der Waals surface area contributed by atoms with Crippen molar-refractivity contribution in [1.82, 2.24) is 9.78 Å². The molecule has 6 nitrogen and oxygen atoms in total. The van der Waals surface area contributed by atoms with Gasteiger partial charge in [0.1, 0.15) is 6.10 Å². The fourth-order valence-corrected chi connectivity index (χ4v) is 2.14. The molecular formula is C9H12N2O4. The second-order valence-corrected chi connectivity index (χ2v) is 3.98. The van der Waals surface area contributed by atoms with Crippen LogP contribution in [-0.4, -0.2) is 44.8 Å². The lowest BCUT2D eigenvalue weighted by Crippen LogP contribution is -2.50. The van der Waals surface area contributed by atoms with Gasteiger partial charge in [0.2, 0.25) is 12.1 Å². The van der Waals surface area contributed by atoms with Crippen LogP contribution in [-0.2, 0) is 9.47 Å². The first-order valence-electron chi connectivity index (χ1n) is 4.88. The standard InChI is InChI=1S/C9H12N2O4/c12-9(13)4-6(11-3-1-2-10-11)7-5-14-8(9)15-7/h1-3,6-8,12-13H,4-5H2/t6-,7+,8+/m0/s1. The van der Waals surface area contributed by atoms with Gasteiger partial charge >= 0.3 is 0 Å². The zero-order valence-electron chi connectivity index (χ0n) is 7.98. The van der Waals surface area contributed by atoms with Crippen molar-refractivity contribution in [2.75, 3.05) is 6.61 Å². The molecule has 0 aromatic carbocycles. The molecule has 2 N–H and O–H groups in total. The Balaban J connectivity index is 1.91. The van der Waals surface area contributed by atoms with Gasteiger partial charge in [0.15, 0.2) is 0 Å². The van der Waals surface area contributed by atoms with Crippen molar-refractivity contribution in [2.24, 2.45) is 0 Å². The summed E-state index contributed by atoms with van der Waals surface area (Å²) < 4.78 is 12.2. The Morgan fingerprint density at radius 2 is 2.33 bits per heavy atom. The Labute approximate surface area is 86.0 Å². The smallest absolute Gasteiger partial charge is 0.217 e. The van der Waals surface area contributed by atoms with Gasteiger partial charge in [0.05, 0.1) is 12.6 Å². The number of rotatable bonds is 1. The number of nitrogens with zero attached hydrogens (tertiary/aromatic N) is 2. The van der Waals surface area contributed by atoms with E-state index in [1.165, 1.54) is 0 Å². The molecule has 2 fully saturated rings. The maximum Gasteiger partial charge on any atom is 0.217 e. The molecule has 0 spiro atoms. The summed E-state index contributed by atoms with van der Waals surface area (Å²) in [5, 5.41) is 23.5. The summed E-state index contributed by atoms with van der Waals surface area (Å²) in [4.78, 5) is 0. The lowest BCUT2D eigenvalue weighted by atomic mass is 9.99. The van der Waals surface area contributed by atoms with E-state index in [1.807, 2.05) is 0 Å². The van der Waals surface area contributed by atoms with Gasteiger partial charge in [-0.3, -0.25) is 4.68 Å². The van der Waals surface area contributed by atoms with Gasteiger partial charge in [0.25, 0.3) is 0 Å². The van der Waals surface area contributed by atoms with Crippen LogP contribution in [0.25, 0.3) is 0 Å². The SMILES string of the molecule is OC1(O)C[C@H](n2cccn2)[C@H]2CO[C@@H]1O2. The summed E-state index contributed by atoms with van der Waals surface area (Å²) >= 11 is 0. The maximum absolute atomic E-state index is 9.69. The lowest BCUT2D eigenvalue weighted by Gasteiger charge is -2.36. The predicted molar refractivity (Wildman–Crippen MR) is 47.7 cm³/mol. The third-order valence-electron chi connectivity index (χ3n) is 2.89. The fraction of sp³-hybridized carbons (Fsp3) is 0.667. The van der Waals surface area contributed by atoms with E-state index < -0.39 is 12.1 Å². The van der Waals surface area contributed by atoms with Gasteiger partial charge in [-0.05, 0) is 6.07 Å². The molecule has 1 aromatic heterocycles. The van der Waals surface area contributed by atoms with Crippen molar-refractivity contribution < 1.29 is 19.7 Å². The van der Waals surface area contributed by atoms with Crippen LogP contribution in [0.2, 0.25) is 0 Å². The minimum absolute atomic E-state index is 0.151. The van der Waals surface area contributed by atoms with E-state index in [1.54, 1.807) is 23.1 Å². The predicted octanol–water partition coefficient (Wildman–Crippen LogP) is -0.750. The van der Waals surface area contributed by atoms with Gasteiger partial charge < -0.3 is 19.7 Å². The van der Waals surface area contributed by atoms with E-state index >= 15 is 0 Å². The van der Waals surface area contributed by atoms with Gasteiger partial charge in [-0.15, -0.1) is 0 Å². The number of hydrogen-bond acceptors (Lipinski definition) is 5. The van der Waals surface area contributed by atoms with Crippen LogP contribution in [0, 0.1) is 0 Å². The second kappa shape index (κ2) is 3.02. The summed E-state index contributed by atoms with van der Waals surface area (Å²) in [7, 11) is 0. The zero-order valence-corrected chi connectivity index (χ0v) is 7.98. The first-order chi connectivity index (χ1) is 7.17. The third-order valence-corrected chi connectivity index (χ3v) is 2.89. The largest absolute Gasteiger partial charge is 0.362 e. The van der Waals surface area contributed by atoms with E-state index in [0.717, 1.165) is 0 Å². The highest BCUT2D eigenvalue weighted by Gasteiger charge is 2.52. The lowest BCUT2D eigenvalue weighted by molar-refractivity contribution is -0.315. The van der Waals surface area contributed by atoms with Gasteiger partial charge in [-0.25, -0.2) is 0 Å². The normalized spacial score (nSPS) is 38.1. The number of hydrogen-bond donors (Lipinski definition) is 2. The quantitative estimate of drug-likeness (QED) is 0.599. The molecule has 0 saturated carbocycles. The van der Waals surface area contributed by atoms with E-state index in [2.05, 4.69) is 5.10 Å². The van der Waals surface area contributed by atoms with Crippen molar-refractivity contribution in [3.05, 3.63) is 18.5 Å². The molecule has 3 rings (SSSR count). The van der Waals surface area contributed by atoms with Crippen LogP contribution in [0.5, 0.6) is 0 Å². The summed E-state index contributed by atoms with van der Waals surface area (Å²) in [6.45, 7) is 0.373. The van der Waals surface area contributed by atoms with E-state index in [-0.39, 0.29) is 18.6 Å². The van der Waals surface area contributed by atoms with Crippen LogP contribution in [0.3, 0.4) is 0 Å².